The van der Waals surface area contributed by atoms with Crippen molar-refractivity contribution < 1.29 is 19.4 Å². The lowest BCUT2D eigenvalue weighted by molar-refractivity contribution is 0.0473. The molecule has 0 aliphatic heterocycles. The molecule has 3 N–H and O–H groups in total. The lowest BCUT2D eigenvalue weighted by Gasteiger charge is -2.07. The minimum Gasteiger partial charge on any atom is -0.478 e. The first kappa shape index (κ1) is 13.6. The van der Waals surface area contributed by atoms with Crippen LogP contribution in [0, 0.1) is 0 Å². The summed E-state index contributed by atoms with van der Waals surface area (Å²) in [6, 6.07) is 13.2. The normalized spacial score (nSPS) is 10.0. The number of anilines is 1. The van der Waals surface area contributed by atoms with E-state index in [2.05, 4.69) is 0 Å². The molecule has 0 saturated carbocycles. The summed E-state index contributed by atoms with van der Waals surface area (Å²) < 4.78 is 5.12. The van der Waals surface area contributed by atoms with E-state index in [4.69, 9.17) is 15.6 Å². The number of benzene rings is 2. The van der Waals surface area contributed by atoms with Crippen LogP contribution in [-0.4, -0.2) is 17.0 Å². The Kier molecular flexibility index (Phi) is 4.00. The van der Waals surface area contributed by atoms with Crippen LogP contribution < -0.4 is 5.73 Å². The highest BCUT2D eigenvalue weighted by atomic mass is 16.5. The molecule has 0 bridgehead atoms. The Balaban J connectivity index is 2.10. The summed E-state index contributed by atoms with van der Waals surface area (Å²) in [5.41, 5.74) is 6.54. The molecule has 0 unspecified atom stereocenters. The van der Waals surface area contributed by atoms with Crippen LogP contribution in [0.1, 0.15) is 26.3 Å². The maximum absolute atomic E-state index is 11.8. The van der Waals surface area contributed by atoms with Crippen molar-refractivity contribution >= 4 is 17.6 Å². The Labute approximate surface area is 115 Å². The SMILES string of the molecule is Nc1ccc(C(=O)OCc2ccccc2)cc1C(=O)O. The number of nitrogen functional groups attached to an aromatic ring is 1. The molecule has 0 radical (unpaired) electrons. The van der Waals surface area contributed by atoms with Crippen molar-refractivity contribution in [3.05, 3.63) is 65.2 Å². The number of aromatic carboxylic acids is 1. The molecule has 0 atom stereocenters. The molecular formula is C15H13NO4. The average molecular weight is 271 g/mol. The largest absolute Gasteiger partial charge is 0.478 e. The number of carbonyl (C=O) groups is 2. The van der Waals surface area contributed by atoms with Gasteiger partial charge in [-0.25, -0.2) is 9.59 Å². The lowest BCUT2D eigenvalue weighted by atomic mass is 10.1. The Morgan fingerprint density at radius 3 is 2.45 bits per heavy atom. The first-order chi connectivity index (χ1) is 9.58. The van der Waals surface area contributed by atoms with Crippen molar-refractivity contribution in [2.75, 3.05) is 5.73 Å². The van der Waals surface area contributed by atoms with Crippen molar-refractivity contribution in [3.63, 3.8) is 0 Å². The number of carboxylic acid groups (broad SMARTS) is 1. The Hall–Kier alpha value is -2.82. The quantitative estimate of drug-likeness (QED) is 0.658. The summed E-state index contributed by atoms with van der Waals surface area (Å²) in [6.07, 6.45) is 0. The number of nitrogens with two attached hydrogens (primary N) is 1. The van der Waals surface area contributed by atoms with E-state index in [-0.39, 0.29) is 23.4 Å². The van der Waals surface area contributed by atoms with E-state index in [1.807, 2.05) is 30.3 Å². The van der Waals surface area contributed by atoms with Crippen LogP contribution in [0.25, 0.3) is 0 Å². The fraction of sp³-hybridized carbons (Fsp3) is 0.0667. The van der Waals surface area contributed by atoms with Gasteiger partial charge in [-0.3, -0.25) is 0 Å². The highest BCUT2D eigenvalue weighted by Crippen LogP contribution is 2.15. The molecule has 2 rings (SSSR count). The topological polar surface area (TPSA) is 89.6 Å². The lowest BCUT2D eigenvalue weighted by Crippen LogP contribution is -2.09. The van der Waals surface area contributed by atoms with Gasteiger partial charge in [0.1, 0.15) is 6.61 Å². The maximum Gasteiger partial charge on any atom is 0.338 e. The van der Waals surface area contributed by atoms with Gasteiger partial charge in [0.15, 0.2) is 0 Å². The molecule has 0 aromatic heterocycles. The molecule has 102 valence electrons. The van der Waals surface area contributed by atoms with E-state index in [1.165, 1.54) is 18.2 Å². The highest BCUT2D eigenvalue weighted by molar-refractivity contribution is 5.98. The molecule has 0 fully saturated rings. The third-order valence-electron chi connectivity index (χ3n) is 2.73. The predicted molar refractivity (Wildman–Crippen MR) is 73.4 cm³/mol. The van der Waals surface area contributed by atoms with Gasteiger partial charge in [0.05, 0.1) is 11.1 Å². The Morgan fingerprint density at radius 1 is 1.10 bits per heavy atom. The third kappa shape index (κ3) is 3.14. The smallest absolute Gasteiger partial charge is 0.338 e. The van der Waals surface area contributed by atoms with Crippen LogP contribution in [-0.2, 0) is 11.3 Å². The molecule has 2 aromatic rings. The number of hydrogen-bond donors (Lipinski definition) is 2. The number of carbonyl (C=O) groups excluding carboxylic acids is 1. The summed E-state index contributed by atoms with van der Waals surface area (Å²) >= 11 is 0. The number of ether oxygens (including phenoxy) is 1. The first-order valence-electron chi connectivity index (χ1n) is 5.92. The first-order valence-corrected chi connectivity index (χ1v) is 5.92. The van der Waals surface area contributed by atoms with Gasteiger partial charge in [0, 0.05) is 5.69 Å². The molecule has 0 saturated heterocycles. The zero-order chi connectivity index (χ0) is 14.5. The van der Waals surface area contributed by atoms with Gasteiger partial charge in [-0.2, -0.15) is 0 Å². The molecule has 5 heteroatoms. The average Bonchev–Trinajstić information content (AvgIpc) is 2.46. The minimum absolute atomic E-state index is 0.108. The second kappa shape index (κ2) is 5.88. The number of esters is 1. The van der Waals surface area contributed by atoms with Crippen molar-refractivity contribution in [1.82, 2.24) is 0 Å². The molecule has 0 spiro atoms. The molecule has 0 amide bonds. The van der Waals surface area contributed by atoms with Gasteiger partial charge >= 0.3 is 11.9 Å². The van der Waals surface area contributed by atoms with Gasteiger partial charge < -0.3 is 15.6 Å². The van der Waals surface area contributed by atoms with Crippen LogP contribution in [0.5, 0.6) is 0 Å². The third-order valence-corrected chi connectivity index (χ3v) is 2.73. The summed E-state index contributed by atoms with van der Waals surface area (Å²) in [5.74, 6) is -1.77. The van der Waals surface area contributed by atoms with E-state index in [0.717, 1.165) is 5.56 Å². The van der Waals surface area contributed by atoms with Gasteiger partial charge in [-0.05, 0) is 23.8 Å². The van der Waals surface area contributed by atoms with E-state index in [1.54, 1.807) is 0 Å². The highest BCUT2D eigenvalue weighted by Gasteiger charge is 2.13. The maximum atomic E-state index is 11.8. The second-order valence-corrected chi connectivity index (χ2v) is 4.17. The number of hydrogen-bond acceptors (Lipinski definition) is 4. The van der Waals surface area contributed by atoms with Gasteiger partial charge in [0.25, 0.3) is 0 Å². The molecule has 0 aliphatic carbocycles. The monoisotopic (exact) mass is 271 g/mol. The van der Waals surface area contributed by atoms with Crippen LogP contribution in [0.4, 0.5) is 5.69 Å². The fourth-order valence-corrected chi connectivity index (χ4v) is 1.67. The Bertz CT molecular complexity index is 638. The van der Waals surface area contributed by atoms with Gasteiger partial charge in [-0.15, -0.1) is 0 Å². The molecule has 2 aromatic carbocycles. The van der Waals surface area contributed by atoms with Gasteiger partial charge in [-0.1, -0.05) is 30.3 Å². The van der Waals surface area contributed by atoms with E-state index < -0.39 is 11.9 Å². The van der Waals surface area contributed by atoms with Crippen molar-refractivity contribution in [3.8, 4) is 0 Å². The second-order valence-electron chi connectivity index (χ2n) is 4.17. The van der Waals surface area contributed by atoms with Gasteiger partial charge in [0.2, 0.25) is 0 Å². The van der Waals surface area contributed by atoms with E-state index in [0.29, 0.717) is 0 Å². The van der Waals surface area contributed by atoms with Crippen molar-refractivity contribution in [2.24, 2.45) is 0 Å². The van der Waals surface area contributed by atoms with Crippen molar-refractivity contribution in [2.45, 2.75) is 6.61 Å². The van der Waals surface area contributed by atoms with Crippen LogP contribution in [0.2, 0.25) is 0 Å². The van der Waals surface area contributed by atoms with Crippen molar-refractivity contribution in [1.29, 1.82) is 0 Å². The standard InChI is InChI=1S/C15H13NO4/c16-13-7-6-11(8-12(13)14(17)18)15(19)20-9-10-4-2-1-3-5-10/h1-8H,9,16H2,(H,17,18). The summed E-state index contributed by atoms with van der Waals surface area (Å²) in [4.78, 5) is 22.8. The summed E-state index contributed by atoms with van der Waals surface area (Å²) in [6.45, 7) is 0.131. The molecule has 0 heterocycles. The molecular weight excluding hydrogens is 258 g/mol. The van der Waals surface area contributed by atoms with Crippen LogP contribution in [0.3, 0.4) is 0 Å². The number of rotatable bonds is 4. The summed E-state index contributed by atoms with van der Waals surface area (Å²) in [7, 11) is 0. The zero-order valence-corrected chi connectivity index (χ0v) is 10.6. The zero-order valence-electron chi connectivity index (χ0n) is 10.6. The number of carboxylic acids is 1. The van der Waals surface area contributed by atoms with E-state index in [9.17, 15) is 9.59 Å². The predicted octanol–water partition coefficient (Wildman–Crippen LogP) is 2.32. The minimum atomic E-state index is -1.18. The molecule has 20 heavy (non-hydrogen) atoms. The fourth-order valence-electron chi connectivity index (χ4n) is 1.67. The Morgan fingerprint density at radius 2 is 1.80 bits per heavy atom. The van der Waals surface area contributed by atoms with Crippen LogP contribution in [0.15, 0.2) is 48.5 Å². The molecule has 0 aliphatic rings. The summed E-state index contributed by atoms with van der Waals surface area (Å²) in [5, 5.41) is 8.95. The van der Waals surface area contributed by atoms with E-state index >= 15 is 0 Å². The molecule has 5 nitrogen and oxygen atoms in total. The van der Waals surface area contributed by atoms with Crippen LogP contribution >= 0.6 is 0 Å².